The van der Waals surface area contributed by atoms with Gasteiger partial charge in [0.25, 0.3) is 5.91 Å². The molecule has 0 aromatic heterocycles. The number of Topliss-reactive ketones (excluding diaryl/α,β-unsaturated/α-hetero) is 1. The van der Waals surface area contributed by atoms with Crippen molar-refractivity contribution in [2.24, 2.45) is 15.9 Å². The van der Waals surface area contributed by atoms with Gasteiger partial charge in [-0.3, -0.25) is 9.59 Å². The van der Waals surface area contributed by atoms with Crippen LogP contribution >= 0.6 is 45.8 Å². The quantitative estimate of drug-likeness (QED) is 0.278. The molecule has 0 fully saturated rings. The SMILES string of the molecule is CC(C)(C)C1=CC(=C2C(=O)N(c3ccc(Cl)cc3Cl)N=C2I)C=C(C(C)(C)C)C1=O. The van der Waals surface area contributed by atoms with Gasteiger partial charge in [-0.2, -0.15) is 10.1 Å². The molecule has 0 atom stereocenters. The number of rotatable bonds is 1. The number of nitrogens with zero attached hydrogens (tertiary/aromatic N) is 2. The van der Waals surface area contributed by atoms with E-state index in [9.17, 15) is 9.59 Å². The lowest BCUT2D eigenvalue weighted by molar-refractivity contribution is -0.115. The van der Waals surface area contributed by atoms with E-state index in [4.69, 9.17) is 23.2 Å². The van der Waals surface area contributed by atoms with Crippen LogP contribution in [0, 0.1) is 10.8 Å². The number of allylic oxidation sites excluding steroid dienone is 5. The molecule has 1 aliphatic carbocycles. The molecule has 0 saturated heterocycles. The lowest BCUT2D eigenvalue weighted by atomic mass is 9.71. The average Bonchev–Trinajstić information content (AvgIpc) is 2.87. The number of anilines is 1. The molecule has 1 aromatic carbocycles. The van der Waals surface area contributed by atoms with Gasteiger partial charge in [-0.1, -0.05) is 64.7 Å². The first-order chi connectivity index (χ1) is 13.7. The Hall–Kier alpha value is -1.44. The van der Waals surface area contributed by atoms with E-state index in [0.29, 0.717) is 41.7 Å². The van der Waals surface area contributed by atoms with Crippen LogP contribution in [-0.2, 0) is 9.59 Å². The molecule has 158 valence electrons. The zero-order valence-corrected chi connectivity index (χ0v) is 21.4. The number of benzene rings is 1. The van der Waals surface area contributed by atoms with Gasteiger partial charge in [0.2, 0.25) is 0 Å². The normalized spacial score (nSPS) is 18.0. The highest BCUT2D eigenvalue weighted by Gasteiger charge is 2.38. The van der Waals surface area contributed by atoms with Crippen LogP contribution in [0.4, 0.5) is 5.69 Å². The van der Waals surface area contributed by atoms with Crippen LogP contribution in [0.2, 0.25) is 10.0 Å². The van der Waals surface area contributed by atoms with Crippen molar-refractivity contribution in [3.63, 3.8) is 0 Å². The topological polar surface area (TPSA) is 49.7 Å². The Balaban J connectivity index is 2.20. The second-order valence-electron chi connectivity index (χ2n) is 9.38. The van der Waals surface area contributed by atoms with E-state index in [2.05, 4.69) is 27.7 Å². The van der Waals surface area contributed by atoms with Gasteiger partial charge in [0.15, 0.2) is 5.78 Å². The van der Waals surface area contributed by atoms with E-state index in [1.807, 2.05) is 53.7 Å². The molecule has 2 aliphatic rings. The molecule has 1 amide bonds. The predicted octanol–water partition coefficient (Wildman–Crippen LogP) is 6.91. The number of ketones is 1. The minimum absolute atomic E-state index is 0.0225. The highest BCUT2D eigenvalue weighted by atomic mass is 127. The minimum atomic E-state index is -0.364. The van der Waals surface area contributed by atoms with Crippen molar-refractivity contribution in [3.05, 3.63) is 62.7 Å². The summed E-state index contributed by atoms with van der Waals surface area (Å²) in [5.74, 6) is -0.267. The summed E-state index contributed by atoms with van der Waals surface area (Å²) in [4.78, 5) is 26.5. The summed E-state index contributed by atoms with van der Waals surface area (Å²) in [7, 11) is 0. The predicted molar refractivity (Wildman–Crippen MR) is 133 cm³/mol. The number of halogens is 3. The van der Waals surface area contributed by atoms with E-state index in [-0.39, 0.29) is 22.5 Å². The van der Waals surface area contributed by atoms with Crippen LogP contribution in [0.15, 0.2) is 57.7 Å². The number of carbonyl (C=O) groups is 2. The second-order valence-corrected chi connectivity index (χ2v) is 11.2. The van der Waals surface area contributed by atoms with Gasteiger partial charge >= 0.3 is 0 Å². The Morgan fingerprint density at radius 2 is 1.47 bits per heavy atom. The second kappa shape index (κ2) is 7.92. The molecule has 1 heterocycles. The Kier molecular flexibility index (Phi) is 6.13. The molecule has 0 N–H and O–H groups in total. The molecule has 0 bridgehead atoms. The van der Waals surface area contributed by atoms with Crippen LogP contribution in [0.5, 0.6) is 0 Å². The Labute approximate surface area is 200 Å². The van der Waals surface area contributed by atoms with Gasteiger partial charge in [-0.15, -0.1) is 0 Å². The van der Waals surface area contributed by atoms with Crippen molar-refractivity contribution in [1.29, 1.82) is 0 Å². The fourth-order valence-electron chi connectivity index (χ4n) is 3.32. The Bertz CT molecular complexity index is 1050. The minimum Gasteiger partial charge on any atom is -0.289 e. The fraction of sp³-hybridized carbons (Fsp3) is 0.348. The van der Waals surface area contributed by atoms with Crippen molar-refractivity contribution >= 4 is 66.9 Å². The summed E-state index contributed by atoms with van der Waals surface area (Å²) in [6.45, 7) is 12.0. The molecule has 1 aliphatic heterocycles. The van der Waals surface area contributed by atoms with Crippen LogP contribution in [-0.4, -0.2) is 15.4 Å². The Morgan fingerprint density at radius 1 is 0.933 bits per heavy atom. The molecule has 30 heavy (non-hydrogen) atoms. The smallest absolute Gasteiger partial charge is 0.282 e. The van der Waals surface area contributed by atoms with Crippen molar-refractivity contribution in [1.82, 2.24) is 0 Å². The number of hydrogen-bond acceptors (Lipinski definition) is 3. The third-order valence-corrected chi connectivity index (χ3v) is 6.22. The third kappa shape index (κ3) is 4.30. The first kappa shape index (κ1) is 23.2. The van der Waals surface area contributed by atoms with E-state index < -0.39 is 0 Å². The van der Waals surface area contributed by atoms with E-state index in [1.165, 1.54) is 5.01 Å². The molecule has 0 radical (unpaired) electrons. The van der Waals surface area contributed by atoms with Crippen LogP contribution < -0.4 is 5.01 Å². The summed E-state index contributed by atoms with van der Waals surface area (Å²) in [5, 5.41) is 6.54. The molecule has 3 rings (SSSR count). The largest absolute Gasteiger partial charge is 0.289 e. The molecule has 0 spiro atoms. The molecular weight excluding hydrogens is 534 g/mol. The maximum Gasteiger partial charge on any atom is 0.282 e. The highest BCUT2D eigenvalue weighted by Crippen LogP contribution is 2.41. The van der Waals surface area contributed by atoms with Gasteiger partial charge in [-0.05, 0) is 69.3 Å². The van der Waals surface area contributed by atoms with Crippen LogP contribution in [0.3, 0.4) is 0 Å². The van der Waals surface area contributed by atoms with Crippen molar-refractivity contribution in [3.8, 4) is 0 Å². The summed E-state index contributed by atoms with van der Waals surface area (Å²) in [5.41, 5.74) is 2.24. The van der Waals surface area contributed by atoms with Gasteiger partial charge in [0, 0.05) is 16.2 Å². The zero-order chi connectivity index (χ0) is 22.6. The summed E-state index contributed by atoms with van der Waals surface area (Å²) in [6, 6.07) is 4.91. The number of carbonyl (C=O) groups excluding carboxylic acids is 2. The summed E-state index contributed by atoms with van der Waals surface area (Å²) < 4.78 is 0.544. The van der Waals surface area contributed by atoms with Gasteiger partial charge in [-0.25, -0.2) is 0 Å². The van der Waals surface area contributed by atoms with Gasteiger partial charge < -0.3 is 0 Å². The highest BCUT2D eigenvalue weighted by molar-refractivity contribution is 14.1. The monoisotopic (exact) mass is 556 g/mol. The maximum absolute atomic E-state index is 13.4. The lowest BCUT2D eigenvalue weighted by Crippen LogP contribution is -2.29. The van der Waals surface area contributed by atoms with Gasteiger partial charge in [0.1, 0.15) is 3.72 Å². The van der Waals surface area contributed by atoms with E-state index in [0.717, 1.165) is 0 Å². The first-order valence-corrected chi connectivity index (χ1v) is 11.3. The van der Waals surface area contributed by atoms with Gasteiger partial charge in [0.05, 0.1) is 16.3 Å². The molecule has 0 saturated carbocycles. The fourth-order valence-corrected chi connectivity index (χ4v) is 4.57. The number of hydrogen-bond donors (Lipinski definition) is 0. The lowest BCUT2D eigenvalue weighted by Gasteiger charge is -2.31. The van der Waals surface area contributed by atoms with Crippen LogP contribution in [0.1, 0.15) is 41.5 Å². The number of amides is 1. The van der Waals surface area contributed by atoms with E-state index in [1.54, 1.807) is 18.2 Å². The molecule has 4 nitrogen and oxygen atoms in total. The average molecular weight is 557 g/mol. The first-order valence-electron chi connectivity index (χ1n) is 9.49. The van der Waals surface area contributed by atoms with Crippen LogP contribution in [0.25, 0.3) is 0 Å². The maximum atomic E-state index is 13.4. The Morgan fingerprint density at radius 3 is 1.93 bits per heavy atom. The standard InChI is InChI=1S/C23H23Cl2IN2O2/c1-22(2,3)14-9-12(10-15(19(14)29)23(4,5)6)18-20(26)27-28(21(18)30)17-8-7-13(24)11-16(17)25/h7-11H,1-6H3. The number of hydrazone groups is 1. The van der Waals surface area contributed by atoms with E-state index >= 15 is 0 Å². The zero-order valence-electron chi connectivity index (χ0n) is 17.7. The summed E-state index contributed by atoms with van der Waals surface area (Å²) >= 11 is 14.3. The van der Waals surface area contributed by atoms with Crippen molar-refractivity contribution < 1.29 is 9.59 Å². The molecule has 0 unspecified atom stereocenters. The third-order valence-electron chi connectivity index (χ3n) is 4.93. The molecule has 7 heteroatoms. The van der Waals surface area contributed by atoms with Crippen molar-refractivity contribution in [2.45, 2.75) is 41.5 Å². The molecular formula is C23H23Cl2IN2O2. The molecule has 1 aromatic rings. The van der Waals surface area contributed by atoms with Crippen molar-refractivity contribution in [2.75, 3.05) is 5.01 Å². The summed E-state index contributed by atoms with van der Waals surface area (Å²) in [6.07, 6.45) is 3.65.